The molecule has 3 nitrogen and oxygen atoms in total. The molecule has 1 aromatic carbocycles. The molecule has 1 saturated heterocycles. The van der Waals surface area contributed by atoms with Gasteiger partial charge in [0.25, 0.3) is 0 Å². The van der Waals surface area contributed by atoms with E-state index in [0.717, 1.165) is 11.1 Å². The van der Waals surface area contributed by atoms with Gasteiger partial charge in [-0.15, -0.1) is 11.6 Å². The number of aryl methyl sites for hydroxylation is 1. The maximum absolute atomic E-state index is 11.4. The van der Waals surface area contributed by atoms with Crippen LogP contribution in [0.4, 0.5) is 0 Å². The first-order valence-corrected chi connectivity index (χ1v) is 8.38. The van der Waals surface area contributed by atoms with Crippen LogP contribution < -0.4 is 4.74 Å². The van der Waals surface area contributed by atoms with Crippen molar-refractivity contribution >= 4 is 21.4 Å². The Labute approximate surface area is 118 Å². The fourth-order valence-electron chi connectivity index (χ4n) is 2.01. The van der Waals surface area contributed by atoms with Gasteiger partial charge in [0.05, 0.1) is 22.9 Å². The summed E-state index contributed by atoms with van der Waals surface area (Å²) in [6, 6.07) is 5.67. The van der Waals surface area contributed by atoms with Crippen LogP contribution in [-0.4, -0.2) is 31.9 Å². The van der Waals surface area contributed by atoms with Crippen LogP contribution >= 0.6 is 11.6 Å². The highest BCUT2D eigenvalue weighted by atomic mass is 35.5. The van der Waals surface area contributed by atoms with E-state index >= 15 is 0 Å². The van der Waals surface area contributed by atoms with E-state index in [1.807, 2.05) is 25.1 Å². The Morgan fingerprint density at radius 2 is 2.26 bits per heavy atom. The first kappa shape index (κ1) is 14.2. The Hall–Kier alpha value is -1.18. The van der Waals surface area contributed by atoms with Gasteiger partial charge in [0.15, 0.2) is 9.84 Å². The van der Waals surface area contributed by atoms with E-state index < -0.39 is 9.84 Å². The summed E-state index contributed by atoms with van der Waals surface area (Å²) in [5.41, 5.74) is 1.83. The number of rotatable bonds is 2. The van der Waals surface area contributed by atoms with Gasteiger partial charge in [-0.1, -0.05) is 17.9 Å². The normalized spacial score (nSPS) is 20.6. The standard InChI is InChI=1S/C14H15ClO3S/c1-11-4-5-14(12(9-11)3-2-7-15)18-13-6-8-19(16,17)10-13/h4-5,9,13H,6-8,10H2,1H3. The van der Waals surface area contributed by atoms with E-state index in [0.29, 0.717) is 12.2 Å². The second-order valence-corrected chi connectivity index (χ2v) is 7.07. The quantitative estimate of drug-likeness (QED) is 0.621. The molecule has 0 saturated carbocycles. The molecule has 19 heavy (non-hydrogen) atoms. The van der Waals surface area contributed by atoms with Gasteiger partial charge in [-0.05, 0) is 31.0 Å². The van der Waals surface area contributed by atoms with E-state index in [-0.39, 0.29) is 23.5 Å². The number of alkyl halides is 1. The smallest absolute Gasteiger partial charge is 0.154 e. The molecule has 1 unspecified atom stereocenters. The van der Waals surface area contributed by atoms with Crippen LogP contribution in [-0.2, 0) is 9.84 Å². The van der Waals surface area contributed by atoms with Crippen molar-refractivity contribution in [1.29, 1.82) is 0 Å². The first-order valence-electron chi connectivity index (χ1n) is 6.03. The van der Waals surface area contributed by atoms with Gasteiger partial charge in [0.2, 0.25) is 0 Å². The number of halogens is 1. The molecule has 1 aliphatic heterocycles. The van der Waals surface area contributed by atoms with E-state index in [1.165, 1.54) is 0 Å². The van der Waals surface area contributed by atoms with Crippen molar-refractivity contribution in [3.8, 4) is 17.6 Å². The largest absolute Gasteiger partial charge is 0.488 e. The highest BCUT2D eigenvalue weighted by molar-refractivity contribution is 7.91. The van der Waals surface area contributed by atoms with E-state index in [2.05, 4.69) is 11.8 Å². The van der Waals surface area contributed by atoms with Gasteiger partial charge in [0, 0.05) is 0 Å². The zero-order valence-electron chi connectivity index (χ0n) is 10.6. The molecule has 0 spiro atoms. The van der Waals surface area contributed by atoms with Gasteiger partial charge >= 0.3 is 0 Å². The summed E-state index contributed by atoms with van der Waals surface area (Å²) in [4.78, 5) is 0. The van der Waals surface area contributed by atoms with Crippen LogP contribution in [0.2, 0.25) is 0 Å². The van der Waals surface area contributed by atoms with Gasteiger partial charge < -0.3 is 4.74 Å². The predicted octanol–water partition coefficient (Wildman–Crippen LogP) is 2.15. The molecule has 1 heterocycles. The Morgan fingerprint density at radius 3 is 2.89 bits per heavy atom. The summed E-state index contributed by atoms with van der Waals surface area (Å²) >= 11 is 5.56. The molecule has 0 aliphatic carbocycles. The zero-order chi connectivity index (χ0) is 13.9. The molecule has 1 fully saturated rings. The summed E-state index contributed by atoms with van der Waals surface area (Å²) in [5.74, 6) is 6.90. The van der Waals surface area contributed by atoms with Crippen LogP contribution in [0.3, 0.4) is 0 Å². The topological polar surface area (TPSA) is 43.4 Å². The Balaban J connectivity index is 2.20. The summed E-state index contributed by atoms with van der Waals surface area (Å²) in [6.45, 7) is 1.97. The summed E-state index contributed by atoms with van der Waals surface area (Å²) in [5, 5.41) is 0. The van der Waals surface area contributed by atoms with E-state index in [1.54, 1.807) is 0 Å². The maximum atomic E-state index is 11.4. The molecule has 0 bridgehead atoms. The van der Waals surface area contributed by atoms with E-state index in [9.17, 15) is 8.42 Å². The Morgan fingerprint density at radius 1 is 1.47 bits per heavy atom. The maximum Gasteiger partial charge on any atom is 0.154 e. The Bertz CT molecular complexity index is 626. The molecule has 0 radical (unpaired) electrons. The predicted molar refractivity (Wildman–Crippen MR) is 76.5 cm³/mol. The van der Waals surface area contributed by atoms with Crippen LogP contribution in [0, 0.1) is 18.8 Å². The van der Waals surface area contributed by atoms with Crippen molar-refractivity contribution in [3.05, 3.63) is 29.3 Å². The van der Waals surface area contributed by atoms with Gasteiger partial charge in [-0.2, -0.15) is 0 Å². The van der Waals surface area contributed by atoms with Crippen LogP contribution in [0.1, 0.15) is 17.5 Å². The number of ether oxygens (including phenoxy) is 1. The van der Waals surface area contributed by atoms with Crippen molar-refractivity contribution < 1.29 is 13.2 Å². The lowest BCUT2D eigenvalue weighted by molar-refractivity contribution is 0.228. The lowest BCUT2D eigenvalue weighted by Crippen LogP contribution is -2.18. The number of hydrogen-bond donors (Lipinski definition) is 0. The molecule has 5 heteroatoms. The molecule has 1 aliphatic rings. The van der Waals surface area contributed by atoms with Gasteiger partial charge in [0.1, 0.15) is 11.9 Å². The monoisotopic (exact) mass is 298 g/mol. The van der Waals surface area contributed by atoms with Crippen molar-refractivity contribution in [2.24, 2.45) is 0 Å². The highest BCUT2D eigenvalue weighted by Crippen LogP contribution is 2.24. The van der Waals surface area contributed by atoms with Crippen molar-refractivity contribution in [3.63, 3.8) is 0 Å². The summed E-state index contributed by atoms with van der Waals surface area (Å²) in [7, 11) is -2.94. The third-order valence-corrected chi connectivity index (χ3v) is 4.78. The van der Waals surface area contributed by atoms with Crippen molar-refractivity contribution in [1.82, 2.24) is 0 Å². The molecular formula is C14H15ClO3S. The van der Waals surface area contributed by atoms with Crippen molar-refractivity contribution in [2.75, 3.05) is 17.4 Å². The van der Waals surface area contributed by atoms with Crippen LogP contribution in [0.5, 0.6) is 5.75 Å². The minimum Gasteiger partial charge on any atom is -0.488 e. The molecule has 0 N–H and O–H groups in total. The van der Waals surface area contributed by atoms with Crippen LogP contribution in [0.15, 0.2) is 18.2 Å². The molecule has 1 aromatic rings. The minimum atomic E-state index is -2.94. The van der Waals surface area contributed by atoms with Gasteiger partial charge in [-0.25, -0.2) is 8.42 Å². The highest BCUT2D eigenvalue weighted by Gasteiger charge is 2.29. The molecule has 2 rings (SSSR count). The Kier molecular flexibility index (Phi) is 4.38. The first-order chi connectivity index (χ1) is 9.00. The second-order valence-electron chi connectivity index (χ2n) is 4.58. The minimum absolute atomic E-state index is 0.0866. The molecular weight excluding hydrogens is 284 g/mol. The van der Waals surface area contributed by atoms with Crippen LogP contribution in [0.25, 0.3) is 0 Å². The fraction of sp³-hybridized carbons (Fsp3) is 0.429. The lowest BCUT2D eigenvalue weighted by Gasteiger charge is -2.14. The second kappa shape index (κ2) is 5.85. The molecule has 0 aromatic heterocycles. The number of benzene rings is 1. The fourth-order valence-corrected chi connectivity index (χ4v) is 3.66. The third kappa shape index (κ3) is 3.89. The molecule has 1 atom stereocenters. The summed E-state index contributed by atoms with van der Waals surface area (Å²) in [6.07, 6.45) is 0.266. The molecule has 0 amide bonds. The lowest BCUT2D eigenvalue weighted by atomic mass is 10.1. The zero-order valence-corrected chi connectivity index (χ0v) is 12.2. The molecule has 102 valence electrons. The van der Waals surface area contributed by atoms with E-state index in [4.69, 9.17) is 16.3 Å². The average Bonchev–Trinajstić information content (AvgIpc) is 2.69. The third-order valence-electron chi connectivity index (χ3n) is 2.91. The SMILES string of the molecule is Cc1ccc(OC2CCS(=O)(=O)C2)c(C#CCCl)c1. The van der Waals surface area contributed by atoms with Crippen molar-refractivity contribution in [2.45, 2.75) is 19.4 Å². The number of hydrogen-bond acceptors (Lipinski definition) is 3. The van der Waals surface area contributed by atoms with Gasteiger partial charge in [-0.3, -0.25) is 0 Å². The number of sulfone groups is 1. The summed E-state index contributed by atoms with van der Waals surface area (Å²) < 4.78 is 28.6. The average molecular weight is 299 g/mol.